The molecule has 2 aromatic rings. The van der Waals surface area contributed by atoms with Crippen molar-refractivity contribution in [2.75, 3.05) is 13.2 Å². The summed E-state index contributed by atoms with van der Waals surface area (Å²) in [5.41, 5.74) is 2.29. The van der Waals surface area contributed by atoms with Crippen LogP contribution in [0.4, 0.5) is 0 Å². The molecular weight excluding hydrogens is 254 g/mol. The Kier molecular flexibility index (Phi) is 3.87. The van der Waals surface area contributed by atoms with Crippen molar-refractivity contribution in [3.05, 3.63) is 41.7 Å². The molecule has 1 N–H and O–H groups in total. The van der Waals surface area contributed by atoms with Crippen molar-refractivity contribution in [3.8, 4) is 11.5 Å². The van der Waals surface area contributed by atoms with Crippen LogP contribution in [0, 0.1) is 0 Å². The summed E-state index contributed by atoms with van der Waals surface area (Å²) in [7, 11) is 1.95. The molecule has 5 heteroatoms. The van der Waals surface area contributed by atoms with Crippen molar-refractivity contribution < 1.29 is 9.47 Å². The van der Waals surface area contributed by atoms with Gasteiger partial charge in [-0.1, -0.05) is 12.1 Å². The zero-order chi connectivity index (χ0) is 13.8. The van der Waals surface area contributed by atoms with Crippen molar-refractivity contribution in [1.29, 1.82) is 0 Å². The minimum absolute atomic E-state index is 0.714. The van der Waals surface area contributed by atoms with E-state index in [-0.39, 0.29) is 0 Å². The van der Waals surface area contributed by atoms with Gasteiger partial charge in [0.05, 0.1) is 18.9 Å². The Morgan fingerprint density at radius 1 is 1.20 bits per heavy atom. The molecule has 0 atom stereocenters. The van der Waals surface area contributed by atoms with E-state index in [1.165, 1.54) is 0 Å². The molecule has 0 radical (unpaired) electrons. The number of benzene rings is 1. The summed E-state index contributed by atoms with van der Waals surface area (Å²) < 4.78 is 13.4. The Balaban J connectivity index is 1.67. The third-order valence-electron chi connectivity index (χ3n) is 3.40. The zero-order valence-corrected chi connectivity index (χ0v) is 11.6. The average Bonchev–Trinajstić information content (AvgIpc) is 2.73. The van der Waals surface area contributed by atoms with Gasteiger partial charge in [0.15, 0.2) is 11.5 Å². The Morgan fingerprint density at radius 2 is 2.10 bits per heavy atom. The predicted molar refractivity (Wildman–Crippen MR) is 75.8 cm³/mol. The van der Waals surface area contributed by atoms with E-state index >= 15 is 0 Å². The minimum Gasteiger partial charge on any atom is -0.490 e. The van der Waals surface area contributed by atoms with Gasteiger partial charge in [-0.05, 0) is 12.1 Å². The van der Waals surface area contributed by atoms with Crippen molar-refractivity contribution in [1.82, 2.24) is 15.1 Å². The molecule has 106 valence electrons. The highest BCUT2D eigenvalue weighted by atomic mass is 16.5. The average molecular weight is 273 g/mol. The summed E-state index contributed by atoms with van der Waals surface area (Å²) in [5.74, 6) is 1.73. The fraction of sp³-hybridized carbons (Fsp3) is 0.400. The number of hydrogen-bond donors (Lipinski definition) is 1. The maximum Gasteiger partial charge on any atom is 0.165 e. The van der Waals surface area contributed by atoms with Gasteiger partial charge in [0.2, 0.25) is 0 Å². The summed E-state index contributed by atoms with van der Waals surface area (Å²) in [6.45, 7) is 2.96. The quantitative estimate of drug-likeness (QED) is 0.924. The topological polar surface area (TPSA) is 48.3 Å². The monoisotopic (exact) mass is 273 g/mol. The number of nitrogens with zero attached hydrogens (tertiary/aromatic N) is 2. The molecule has 20 heavy (non-hydrogen) atoms. The number of aromatic nitrogens is 2. The Hall–Kier alpha value is -2.01. The van der Waals surface area contributed by atoms with Gasteiger partial charge in [-0.25, -0.2) is 0 Å². The molecule has 1 aromatic heterocycles. The maximum absolute atomic E-state index is 5.81. The zero-order valence-electron chi connectivity index (χ0n) is 11.6. The van der Waals surface area contributed by atoms with Gasteiger partial charge in [-0.2, -0.15) is 5.10 Å². The van der Waals surface area contributed by atoms with Crippen LogP contribution in [0.15, 0.2) is 30.5 Å². The third kappa shape index (κ3) is 2.77. The number of para-hydroxylation sites is 1. The first-order chi connectivity index (χ1) is 9.84. The first-order valence-corrected chi connectivity index (χ1v) is 6.89. The number of hydrogen-bond acceptors (Lipinski definition) is 4. The molecule has 0 saturated carbocycles. The van der Waals surface area contributed by atoms with Gasteiger partial charge in [-0.3, -0.25) is 4.68 Å². The van der Waals surface area contributed by atoms with Crippen LogP contribution in [0.1, 0.15) is 17.7 Å². The molecule has 0 fully saturated rings. The van der Waals surface area contributed by atoms with Gasteiger partial charge in [0, 0.05) is 38.3 Å². The van der Waals surface area contributed by atoms with Crippen LogP contribution >= 0.6 is 0 Å². The smallest absolute Gasteiger partial charge is 0.165 e. The minimum atomic E-state index is 0.714. The molecule has 0 unspecified atom stereocenters. The molecule has 2 heterocycles. The third-order valence-corrected chi connectivity index (χ3v) is 3.40. The van der Waals surface area contributed by atoms with Crippen LogP contribution in [0.5, 0.6) is 11.5 Å². The van der Waals surface area contributed by atoms with Gasteiger partial charge in [0.25, 0.3) is 0 Å². The van der Waals surface area contributed by atoms with Crippen molar-refractivity contribution in [2.45, 2.75) is 19.5 Å². The van der Waals surface area contributed by atoms with E-state index in [1.54, 1.807) is 0 Å². The largest absolute Gasteiger partial charge is 0.490 e. The fourth-order valence-electron chi connectivity index (χ4n) is 2.29. The number of nitrogens with one attached hydrogen (secondary N) is 1. The van der Waals surface area contributed by atoms with Gasteiger partial charge < -0.3 is 14.8 Å². The SMILES string of the molecule is Cn1nccc1CNCc1cccc2c1OCCCO2. The molecule has 1 aliphatic rings. The van der Waals surface area contributed by atoms with E-state index < -0.39 is 0 Å². The number of aryl methyl sites for hydroxylation is 1. The normalized spacial score (nSPS) is 14.1. The lowest BCUT2D eigenvalue weighted by Crippen LogP contribution is -2.16. The summed E-state index contributed by atoms with van der Waals surface area (Å²) in [6, 6.07) is 8.06. The summed E-state index contributed by atoms with van der Waals surface area (Å²) >= 11 is 0. The van der Waals surface area contributed by atoms with Gasteiger partial charge >= 0.3 is 0 Å². The number of rotatable bonds is 4. The van der Waals surface area contributed by atoms with E-state index in [2.05, 4.69) is 16.5 Å². The van der Waals surface area contributed by atoms with E-state index in [0.29, 0.717) is 6.61 Å². The van der Waals surface area contributed by atoms with Crippen LogP contribution in [-0.2, 0) is 20.1 Å². The van der Waals surface area contributed by atoms with E-state index in [0.717, 1.165) is 48.9 Å². The molecule has 0 saturated heterocycles. The lowest BCUT2D eigenvalue weighted by atomic mass is 10.2. The highest BCUT2D eigenvalue weighted by molar-refractivity contribution is 5.47. The molecule has 1 aromatic carbocycles. The first kappa shape index (κ1) is 13.0. The number of ether oxygens (including phenoxy) is 2. The van der Waals surface area contributed by atoms with E-state index in [9.17, 15) is 0 Å². The molecule has 1 aliphatic heterocycles. The predicted octanol–water partition coefficient (Wildman–Crippen LogP) is 1.87. The Morgan fingerprint density at radius 3 is 2.95 bits per heavy atom. The maximum atomic E-state index is 5.81. The molecule has 0 amide bonds. The second kappa shape index (κ2) is 5.96. The van der Waals surface area contributed by atoms with Crippen molar-refractivity contribution >= 4 is 0 Å². The second-order valence-electron chi connectivity index (χ2n) is 4.84. The van der Waals surface area contributed by atoms with Crippen LogP contribution in [0.25, 0.3) is 0 Å². The van der Waals surface area contributed by atoms with Crippen LogP contribution in [0.3, 0.4) is 0 Å². The van der Waals surface area contributed by atoms with E-state index in [4.69, 9.17) is 9.47 Å². The van der Waals surface area contributed by atoms with E-state index in [1.807, 2.05) is 36.1 Å². The van der Waals surface area contributed by atoms with Crippen LogP contribution < -0.4 is 14.8 Å². The summed E-state index contributed by atoms with van der Waals surface area (Å²) in [4.78, 5) is 0. The van der Waals surface area contributed by atoms with Crippen LogP contribution in [0.2, 0.25) is 0 Å². The number of fused-ring (bicyclic) bond motifs is 1. The standard InChI is InChI=1S/C15H19N3O2/c1-18-13(6-7-17-18)11-16-10-12-4-2-5-14-15(12)20-9-3-8-19-14/h2,4-7,16H,3,8-11H2,1H3. The molecule has 5 nitrogen and oxygen atoms in total. The molecule has 3 rings (SSSR count). The second-order valence-corrected chi connectivity index (χ2v) is 4.84. The molecule has 0 bridgehead atoms. The molecule has 0 spiro atoms. The van der Waals surface area contributed by atoms with Crippen molar-refractivity contribution in [2.24, 2.45) is 7.05 Å². The first-order valence-electron chi connectivity index (χ1n) is 6.89. The van der Waals surface area contributed by atoms with Gasteiger partial charge in [-0.15, -0.1) is 0 Å². The summed E-state index contributed by atoms with van der Waals surface area (Å²) in [5, 5.41) is 7.58. The highest BCUT2D eigenvalue weighted by Gasteiger charge is 2.14. The lowest BCUT2D eigenvalue weighted by molar-refractivity contribution is 0.296. The summed E-state index contributed by atoms with van der Waals surface area (Å²) in [6.07, 6.45) is 2.74. The fourth-order valence-corrected chi connectivity index (χ4v) is 2.29. The van der Waals surface area contributed by atoms with Crippen molar-refractivity contribution in [3.63, 3.8) is 0 Å². The van der Waals surface area contributed by atoms with Crippen LogP contribution in [-0.4, -0.2) is 23.0 Å². The molecular formula is C15H19N3O2. The lowest BCUT2D eigenvalue weighted by Gasteiger charge is -2.13. The van der Waals surface area contributed by atoms with Gasteiger partial charge in [0.1, 0.15) is 0 Å². The highest BCUT2D eigenvalue weighted by Crippen LogP contribution is 2.33. The molecule has 0 aliphatic carbocycles. The Bertz CT molecular complexity index is 580. The Labute approximate surface area is 118 Å².